The predicted octanol–water partition coefficient (Wildman–Crippen LogP) is -3.35. The second-order valence-corrected chi connectivity index (χ2v) is 8.68. The standard InChI is InChI=1S/C19H27NO13/c1-7(2)5-17(26)6-20-4-3-8-9(14(20)18(27,28)15(17)23)11(22)13(33-19(29,30)31)12(10(8)21)32-16(24)25/h7,14,16,21-22,24-31H,3-6H2,1-2H3. The quantitative estimate of drug-likeness (QED) is 0.142. The van der Waals surface area contributed by atoms with Gasteiger partial charge in [-0.3, -0.25) is 9.69 Å². The zero-order chi connectivity index (χ0) is 25.1. The van der Waals surface area contributed by atoms with E-state index in [0.29, 0.717) is 0 Å². The average molecular weight is 477 g/mol. The van der Waals surface area contributed by atoms with Crippen molar-refractivity contribution in [1.29, 1.82) is 0 Å². The van der Waals surface area contributed by atoms with E-state index in [1.165, 1.54) is 4.90 Å². The van der Waals surface area contributed by atoms with Gasteiger partial charge in [0.1, 0.15) is 11.6 Å². The van der Waals surface area contributed by atoms with Gasteiger partial charge in [-0.1, -0.05) is 13.8 Å². The van der Waals surface area contributed by atoms with Crippen LogP contribution >= 0.6 is 0 Å². The highest BCUT2D eigenvalue weighted by atomic mass is 16.9. The van der Waals surface area contributed by atoms with Gasteiger partial charge in [-0.15, -0.1) is 0 Å². The van der Waals surface area contributed by atoms with Gasteiger partial charge in [0.05, 0.1) is 0 Å². The molecule has 10 N–H and O–H groups in total. The molecule has 2 heterocycles. The van der Waals surface area contributed by atoms with Crippen LogP contribution in [0.5, 0.6) is 23.0 Å². The summed E-state index contributed by atoms with van der Waals surface area (Å²) in [5.74, 6) is -9.13. The van der Waals surface area contributed by atoms with Crippen LogP contribution in [0.3, 0.4) is 0 Å². The van der Waals surface area contributed by atoms with Crippen LogP contribution in [0.2, 0.25) is 0 Å². The number of ether oxygens (including phenoxy) is 2. The fourth-order valence-electron chi connectivity index (χ4n) is 4.64. The van der Waals surface area contributed by atoms with Crippen molar-refractivity contribution in [1.82, 2.24) is 4.90 Å². The van der Waals surface area contributed by atoms with Gasteiger partial charge >= 0.3 is 12.6 Å². The molecule has 2 aliphatic heterocycles. The van der Waals surface area contributed by atoms with Crippen LogP contribution in [0.25, 0.3) is 0 Å². The van der Waals surface area contributed by atoms with E-state index in [1.54, 1.807) is 13.8 Å². The van der Waals surface area contributed by atoms with E-state index in [2.05, 4.69) is 9.47 Å². The van der Waals surface area contributed by atoms with Crippen LogP contribution in [0.15, 0.2) is 0 Å². The number of phenolic OH excluding ortho intramolecular Hbond substituents is 2. The molecule has 0 amide bonds. The summed E-state index contributed by atoms with van der Waals surface area (Å²) in [7, 11) is 0. The largest absolute Gasteiger partial charge is 0.504 e. The van der Waals surface area contributed by atoms with E-state index in [1.807, 2.05) is 0 Å². The van der Waals surface area contributed by atoms with Crippen LogP contribution in [0.1, 0.15) is 37.4 Å². The summed E-state index contributed by atoms with van der Waals surface area (Å²) >= 11 is 0. The van der Waals surface area contributed by atoms with Crippen molar-refractivity contribution in [2.24, 2.45) is 5.92 Å². The number of phenols is 2. The molecule has 33 heavy (non-hydrogen) atoms. The number of fused-ring (bicyclic) bond motifs is 3. The van der Waals surface area contributed by atoms with Crippen LogP contribution in [0.4, 0.5) is 0 Å². The third-order valence-electron chi connectivity index (χ3n) is 5.60. The number of Topliss-reactive ketones (excluding diaryl/α,β-unsaturated/α-hetero) is 1. The van der Waals surface area contributed by atoms with Crippen LogP contribution in [-0.2, 0) is 11.2 Å². The summed E-state index contributed by atoms with van der Waals surface area (Å²) in [6.45, 7) is 0.444. The Morgan fingerprint density at radius 3 is 2.21 bits per heavy atom. The summed E-state index contributed by atoms with van der Waals surface area (Å²) in [6, 6.07) is -1.77. The zero-order valence-corrected chi connectivity index (χ0v) is 17.7. The second kappa shape index (κ2) is 8.19. The lowest BCUT2D eigenvalue weighted by atomic mass is 9.73. The van der Waals surface area contributed by atoms with E-state index >= 15 is 0 Å². The summed E-state index contributed by atoms with van der Waals surface area (Å²) < 4.78 is 8.93. The van der Waals surface area contributed by atoms with Gasteiger partial charge in [0.15, 0.2) is 11.5 Å². The number of nitrogens with zero attached hydrogens (tertiary/aromatic N) is 1. The molecule has 14 heteroatoms. The SMILES string of the molecule is CC(C)CC1(O)CN2CCc3c(O)c(OC(O)O)c(OC(O)(O)O)c(O)c3C2C(O)(O)C1=O. The van der Waals surface area contributed by atoms with Crippen molar-refractivity contribution in [2.75, 3.05) is 13.1 Å². The third kappa shape index (κ3) is 4.44. The maximum atomic E-state index is 12.9. The van der Waals surface area contributed by atoms with Gasteiger partial charge in [-0.2, -0.15) is 0 Å². The summed E-state index contributed by atoms with van der Waals surface area (Å²) in [5.41, 5.74) is -2.86. The highest BCUT2D eigenvalue weighted by Gasteiger charge is 2.62. The summed E-state index contributed by atoms with van der Waals surface area (Å²) in [5, 5.41) is 99.8. The van der Waals surface area contributed by atoms with E-state index in [0.717, 1.165) is 0 Å². The number of aliphatic hydroxyl groups excluding tert-OH is 1. The van der Waals surface area contributed by atoms with Gasteiger partial charge in [-0.25, -0.2) is 0 Å². The molecule has 1 saturated heterocycles. The molecule has 0 radical (unpaired) electrons. The van der Waals surface area contributed by atoms with Gasteiger partial charge in [0.25, 0.3) is 0 Å². The van der Waals surface area contributed by atoms with Gasteiger partial charge < -0.3 is 60.5 Å². The Morgan fingerprint density at radius 1 is 1.09 bits per heavy atom. The smallest absolute Gasteiger partial charge is 0.453 e. The van der Waals surface area contributed by atoms with Crippen molar-refractivity contribution in [3.8, 4) is 23.0 Å². The molecule has 1 fully saturated rings. The molecule has 0 aromatic heterocycles. The van der Waals surface area contributed by atoms with Crippen molar-refractivity contribution >= 4 is 5.78 Å². The van der Waals surface area contributed by atoms with Crippen LogP contribution < -0.4 is 9.47 Å². The average Bonchev–Trinajstić information content (AvgIpc) is 2.64. The van der Waals surface area contributed by atoms with Crippen LogP contribution in [0, 0.1) is 5.92 Å². The highest BCUT2D eigenvalue weighted by molar-refractivity contribution is 5.95. The van der Waals surface area contributed by atoms with Crippen molar-refractivity contribution in [3.63, 3.8) is 0 Å². The Kier molecular flexibility index (Phi) is 6.29. The normalized spacial score (nSPS) is 25.2. The monoisotopic (exact) mass is 477 g/mol. The first kappa shape index (κ1) is 25.4. The Hall–Kier alpha value is -2.27. The lowest BCUT2D eigenvalue weighted by Crippen LogP contribution is -2.69. The number of ketones is 1. The molecule has 14 nitrogen and oxygen atoms in total. The zero-order valence-electron chi connectivity index (χ0n) is 17.7. The number of benzene rings is 1. The molecular weight excluding hydrogens is 450 g/mol. The third-order valence-corrected chi connectivity index (χ3v) is 5.60. The molecule has 0 spiro atoms. The maximum Gasteiger partial charge on any atom is 0.453 e. The molecule has 0 bridgehead atoms. The Morgan fingerprint density at radius 2 is 1.70 bits per heavy atom. The first-order valence-corrected chi connectivity index (χ1v) is 9.95. The van der Waals surface area contributed by atoms with E-state index < -0.39 is 64.4 Å². The predicted molar refractivity (Wildman–Crippen MR) is 103 cm³/mol. The maximum absolute atomic E-state index is 12.9. The molecule has 0 aliphatic carbocycles. The molecule has 1 aromatic rings. The first-order valence-electron chi connectivity index (χ1n) is 9.95. The fourth-order valence-corrected chi connectivity index (χ4v) is 4.64. The second-order valence-electron chi connectivity index (χ2n) is 8.68. The number of rotatable bonds is 6. The van der Waals surface area contributed by atoms with Crippen molar-refractivity contribution in [3.05, 3.63) is 11.1 Å². The first-order chi connectivity index (χ1) is 15.0. The minimum Gasteiger partial charge on any atom is -0.504 e. The van der Waals surface area contributed by atoms with Gasteiger partial charge in [0, 0.05) is 24.2 Å². The van der Waals surface area contributed by atoms with Gasteiger partial charge in [-0.05, 0) is 18.8 Å². The number of hydrogen-bond acceptors (Lipinski definition) is 14. The van der Waals surface area contributed by atoms with Crippen LogP contribution in [-0.4, -0.2) is 98.9 Å². The molecule has 1 aromatic carbocycles. The van der Waals surface area contributed by atoms with Gasteiger partial charge in [0.2, 0.25) is 23.1 Å². The van der Waals surface area contributed by atoms with E-state index in [-0.39, 0.29) is 37.4 Å². The molecule has 0 saturated carbocycles. The Labute approximate surface area is 186 Å². The summed E-state index contributed by atoms with van der Waals surface area (Å²) in [4.78, 5) is 14.2. The number of hydrogen-bond donors (Lipinski definition) is 10. The highest BCUT2D eigenvalue weighted by Crippen LogP contribution is 2.56. The molecule has 2 atom stereocenters. The minimum atomic E-state index is -3.94. The number of piperidine rings is 1. The number of aliphatic hydroxyl groups is 8. The van der Waals surface area contributed by atoms with E-state index in [4.69, 9.17) is 10.2 Å². The molecule has 186 valence electrons. The van der Waals surface area contributed by atoms with Crippen molar-refractivity contribution in [2.45, 2.75) is 56.8 Å². The molecular formula is C19H27NO13. The fraction of sp³-hybridized carbons (Fsp3) is 0.632. The Balaban J connectivity index is 2.23. The summed E-state index contributed by atoms with van der Waals surface area (Å²) in [6.07, 6.45) is -4.16. The number of aromatic hydroxyl groups is 2. The lowest BCUT2D eigenvalue weighted by molar-refractivity contribution is -0.420. The number of carbonyl (C=O) groups is 1. The topological polar surface area (TPSA) is 241 Å². The molecule has 2 unspecified atom stereocenters. The Bertz CT molecular complexity index is 939. The lowest BCUT2D eigenvalue weighted by Gasteiger charge is -2.52. The minimum absolute atomic E-state index is 0.0491. The molecule has 2 aliphatic rings. The van der Waals surface area contributed by atoms with Crippen molar-refractivity contribution < 1.29 is 65.3 Å². The number of carbonyl (C=O) groups excluding carboxylic acids is 1. The van der Waals surface area contributed by atoms with E-state index in [9.17, 15) is 45.6 Å². The molecule has 3 rings (SSSR count).